The molecule has 0 aliphatic rings. The van der Waals surface area contributed by atoms with Crippen LogP contribution in [0.3, 0.4) is 0 Å². The molecule has 1 aromatic carbocycles. The Labute approximate surface area is 180 Å². The summed E-state index contributed by atoms with van der Waals surface area (Å²) >= 11 is 0. The molecular formula is C23H28F4N4. The molecule has 31 heavy (non-hydrogen) atoms. The Morgan fingerprint density at radius 3 is 2.74 bits per heavy atom. The second-order valence-corrected chi connectivity index (χ2v) is 7.08. The van der Waals surface area contributed by atoms with E-state index in [0.29, 0.717) is 22.7 Å². The Hall–Kier alpha value is -2.87. The molecule has 0 amide bonds. The summed E-state index contributed by atoms with van der Waals surface area (Å²) in [5, 5.41) is 6.02. The van der Waals surface area contributed by atoms with Crippen molar-refractivity contribution in [3.63, 3.8) is 0 Å². The largest absolute Gasteiger partial charge is 0.416 e. The minimum atomic E-state index is -4.39. The smallest absolute Gasteiger partial charge is 0.339 e. The van der Waals surface area contributed by atoms with Gasteiger partial charge < -0.3 is 15.2 Å². The van der Waals surface area contributed by atoms with Crippen LogP contribution in [0.25, 0.3) is 0 Å². The molecule has 0 saturated heterocycles. The van der Waals surface area contributed by atoms with E-state index in [1.807, 2.05) is 0 Å². The standard InChI is InChI=1S/C23H28F4N4/c1-4-6-11-28-13-21(24)20(8-5-2)17(3)30-22-15-31(16-29-22)14-18-9-7-10-19(12-18)23(25,26)27/h5,7-10,12,15-16,28,30H,3-4,6,11,13-14H2,1-2H3/b8-5-,21-20-. The zero-order valence-electron chi connectivity index (χ0n) is 17.8. The summed E-state index contributed by atoms with van der Waals surface area (Å²) in [6.07, 6.45) is 4.09. The highest BCUT2D eigenvalue weighted by Gasteiger charge is 2.30. The van der Waals surface area contributed by atoms with Crippen molar-refractivity contribution in [2.75, 3.05) is 18.4 Å². The molecule has 0 saturated carbocycles. The topological polar surface area (TPSA) is 41.9 Å². The van der Waals surface area contributed by atoms with Crippen LogP contribution in [0.4, 0.5) is 23.4 Å². The lowest BCUT2D eigenvalue weighted by Crippen LogP contribution is -2.18. The van der Waals surface area contributed by atoms with Crippen LogP contribution in [0.15, 0.2) is 72.6 Å². The lowest BCUT2D eigenvalue weighted by Gasteiger charge is -2.11. The number of benzene rings is 1. The van der Waals surface area contributed by atoms with Gasteiger partial charge in [0.05, 0.1) is 11.9 Å². The number of aromatic nitrogens is 2. The van der Waals surface area contributed by atoms with Crippen molar-refractivity contribution in [1.29, 1.82) is 0 Å². The van der Waals surface area contributed by atoms with Crippen LogP contribution in [-0.2, 0) is 12.7 Å². The number of alkyl halides is 3. The summed E-state index contributed by atoms with van der Waals surface area (Å²) in [5.74, 6) is 0.0841. The first-order valence-electron chi connectivity index (χ1n) is 10.1. The number of rotatable bonds is 11. The van der Waals surface area contributed by atoms with Crippen LogP contribution in [-0.4, -0.2) is 22.6 Å². The third-order valence-corrected chi connectivity index (χ3v) is 4.47. The molecule has 4 nitrogen and oxygen atoms in total. The summed E-state index contributed by atoms with van der Waals surface area (Å²) in [6, 6.07) is 5.14. The number of halogens is 4. The van der Waals surface area contributed by atoms with Gasteiger partial charge in [-0.15, -0.1) is 0 Å². The third kappa shape index (κ3) is 7.71. The third-order valence-electron chi connectivity index (χ3n) is 4.47. The molecule has 0 aliphatic heterocycles. The lowest BCUT2D eigenvalue weighted by molar-refractivity contribution is -0.137. The van der Waals surface area contributed by atoms with Crippen molar-refractivity contribution in [2.45, 2.75) is 39.4 Å². The highest BCUT2D eigenvalue weighted by atomic mass is 19.4. The van der Waals surface area contributed by atoms with Crippen LogP contribution in [0.5, 0.6) is 0 Å². The van der Waals surface area contributed by atoms with E-state index >= 15 is 0 Å². The van der Waals surface area contributed by atoms with Crippen molar-refractivity contribution in [3.05, 3.63) is 83.7 Å². The van der Waals surface area contributed by atoms with E-state index in [4.69, 9.17) is 0 Å². The lowest BCUT2D eigenvalue weighted by atomic mass is 10.1. The zero-order chi connectivity index (χ0) is 22.9. The summed E-state index contributed by atoms with van der Waals surface area (Å²) in [7, 11) is 0. The van der Waals surface area contributed by atoms with Crippen LogP contribution in [0, 0.1) is 0 Å². The van der Waals surface area contributed by atoms with Gasteiger partial charge in [0.15, 0.2) is 0 Å². The van der Waals surface area contributed by atoms with Gasteiger partial charge in [0.2, 0.25) is 0 Å². The normalized spacial score (nSPS) is 12.8. The van der Waals surface area contributed by atoms with E-state index in [0.717, 1.165) is 31.5 Å². The van der Waals surface area contributed by atoms with Gasteiger partial charge in [-0.3, -0.25) is 0 Å². The average molecular weight is 436 g/mol. The molecule has 2 rings (SSSR count). The van der Waals surface area contributed by atoms with E-state index in [1.54, 1.807) is 35.9 Å². The van der Waals surface area contributed by atoms with Gasteiger partial charge >= 0.3 is 6.18 Å². The number of nitrogens with one attached hydrogen (secondary N) is 2. The Kier molecular flexibility index (Phi) is 9.05. The maximum absolute atomic E-state index is 14.6. The van der Waals surface area contributed by atoms with Crippen LogP contribution >= 0.6 is 0 Å². The van der Waals surface area contributed by atoms with E-state index < -0.39 is 11.7 Å². The molecule has 0 unspecified atom stereocenters. The summed E-state index contributed by atoms with van der Waals surface area (Å²) in [5.41, 5.74) is 0.480. The number of hydrogen-bond acceptors (Lipinski definition) is 3. The van der Waals surface area contributed by atoms with E-state index in [9.17, 15) is 17.6 Å². The number of imidazole rings is 1. The van der Waals surface area contributed by atoms with Crippen LogP contribution in [0.1, 0.15) is 37.8 Å². The fourth-order valence-corrected chi connectivity index (χ4v) is 2.91. The molecule has 0 atom stereocenters. The maximum atomic E-state index is 14.6. The molecule has 0 aliphatic carbocycles. The van der Waals surface area contributed by atoms with Gasteiger partial charge in [-0.2, -0.15) is 13.2 Å². The van der Waals surface area contributed by atoms with Gasteiger partial charge in [-0.1, -0.05) is 44.2 Å². The average Bonchev–Trinajstić information content (AvgIpc) is 3.15. The monoisotopic (exact) mass is 436 g/mol. The molecule has 2 N–H and O–H groups in total. The van der Waals surface area contributed by atoms with Crippen molar-refractivity contribution in [1.82, 2.24) is 14.9 Å². The minimum absolute atomic E-state index is 0.102. The SMILES string of the molecule is C=C(Nc1cn(Cc2cccc(C(F)(F)F)c2)cn1)C(/C=C\C)=C(\F)CNCCCC. The Morgan fingerprint density at radius 1 is 1.29 bits per heavy atom. The molecule has 0 fully saturated rings. The maximum Gasteiger partial charge on any atom is 0.416 e. The Balaban J connectivity index is 2.06. The molecule has 1 aromatic heterocycles. The number of anilines is 1. The number of allylic oxidation sites excluding steroid dienone is 2. The quantitative estimate of drug-likeness (QED) is 0.255. The zero-order valence-corrected chi connectivity index (χ0v) is 17.8. The molecule has 0 radical (unpaired) electrons. The molecule has 168 valence electrons. The van der Waals surface area contributed by atoms with E-state index in [1.165, 1.54) is 12.4 Å². The number of unbranched alkanes of at least 4 members (excludes halogenated alkanes) is 1. The number of nitrogens with zero attached hydrogens (tertiary/aromatic N) is 2. The van der Waals surface area contributed by atoms with Crippen molar-refractivity contribution < 1.29 is 17.6 Å². The molecular weight excluding hydrogens is 408 g/mol. The van der Waals surface area contributed by atoms with Gasteiger partial charge in [-0.05, 0) is 37.6 Å². The molecule has 2 aromatic rings. The van der Waals surface area contributed by atoms with Gasteiger partial charge in [-0.25, -0.2) is 9.37 Å². The minimum Gasteiger partial charge on any atom is -0.339 e. The molecule has 1 heterocycles. The molecule has 8 heteroatoms. The Bertz CT molecular complexity index is 926. The predicted molar refractivity (Wildman–Crippen MR) is 116 cm³/mol. The second kappa shape index (κ2) is 11.5. The van der Waals surface area contributed by atoms with E-state index in [2.05, 4.69) is 29.1 Å². The van der Waals surface area contributed by atoms with E-state index in [-0.39, 0.29) is 18.9 Å². The summed E-state index contributed by atoms with van der Waals surface area (Å²) in [6.45, 7) is 8.81. The fourth-order valence-electron chi connectivity index (χ4n) is 2.91. The summed E-state index contributed by atoms with van der Waals surface area (Å²) < 4.78 is 54.9. The first-order chi connectivity index (χ1) is 14.7. The second-order valence-electron chi connectivity index (χ2n) is 7.08. The molecule has 0 spiro atoms. The van der Waals surface area contributed by atoms with Crippen molar-refractivity contribution in [3.8, 4) is 0 Å². The predicted octanol–water partition coefficient (Wildman–Crippen LogP) is 6.07. The molecule has 0 bridgehead atoms. The highest BCUT2D eigenvalue weighted by molar-refractivity contribution is 5.51. The number of hydrogen-bond donors (Lipinski definition) is 2. The van der Waals surface area contributed by atoms with Gasteiger partial charge in [0.25, 0.3) is 0 Å². The van der Waals surface area contributed by atoms with Crippen molar-refractivity contribution >= 4 is 5.82 Å². The first-order valence-corrected chi connectivity index (χ1v) is 10.1. The first kappa shape index (κ1) is 24.4. The van der Waals surface area contributed by atoms with Gasteiger partial charge in [0.1, 0.15) is 11.6 Å². The summed E-state index contributed by atoms with van der Waals surface area (Å²) in [4.78, 5) is 4.20. The van der Waals surface area contributed by atoms with Crippen LogP contribution < -0.4 is 10.6 Å². The Morgan fingerprint density at radius 2 is 2.06 bits per heavy atom. The highest BCUT2D eigenvalue weighted by Crippen LogP contribution is 2.29. The van der Waals surface area contributed by atoms with Crippen LogP contribution in [0.2, 0.25) is 0 Å². The van der Waals surface area contributed by atoms with Gasteiger partial charge in [0, 0.05) is 30.6 Å². The van der Waals surface area contributed by atoms with Crippen molar-refractivity contribution in [2.24, 2.45) is 0 Å². The fraction of sp³-hybridized carbons (Fsp3) is 0.348.